The van der Waals surface area contributed by atoms with Crippen molar-refractivity contribution < 1.29 is 8.85 Å². The van der Waals surface area contributed by atoms with Gasteiger partial charge in [-0.2, -0.15) is 0 Å². The number of hydrogen-bond donors (Lipinski definition) is 0. The first-order chi connectivity index (χ1) is 9.26. The van der Waals surface area contributed by atoms with E-state index in [0.717, 1.165) is 26.1 Å². The molecule has 0 aromatic rings. The van der Waals surface area contributed by atoms with Gasteiger partial charge in [-0.15, -0.1) is 0 Å². The van der Waals surface area contributed by atoms with E-state index in [2.05, 4.69) is 27.7 Å². The predicted molar refractivity (Wildman–Crippen MR) is 87.1 cm³/mol. The summed E-state index contributed by atoms with van der Waals surface area (Å²) < 4.78 is 11.9. The van der Waals surface area contributed by atoms with Crippen molar-refractivity contribution in [3.05, 3.63) is 0 Å². The van der Waals surface area contributed by atoms with Gasteiger partial charge in [0.2, 0.25) is 0 Å². The average molecular weight is 289 g/mol. The Kier molecular flexibility index (Phi) is 14.6. The van der Waals surface area contributed by atoms with Crippen LogP contribution in [0, 0.1) is 0 Å². The van der Waals surface area contributed by atoms with Crippen LogP contribution in [-0.4, -0.2) is 22.5 Å². The molecule has 1 atom stereocenters. The highest BCUT2D eigenvalue weighted by Gasteiger charge is 2.21. The maximum absolute atomic E-state index is 5.97. The van der Waals surface area contributed by atoms with E-state index in [1.54, 1.807) is 0 Å². The Morgan fingerprint density at radius 2 is 1.26 bits per heavy atom. The van der Waals surface area contributed by atoms with E-state index in [0.29, 0.717) is 5.54 Å². The Bertz CT molecular complexity index is 168. The molecule has 0 saturated heterocycles. The molecular formula is C16H36O2Si. The van der Waals surface area contributed by atoms with E-state index in [1.807, 2.05) is 0 Å². The second-order valence-electron chi connectivity index (χ2n) is 5.64. The van der Waals surface area contributed by atoms with Gasteiger partial charge in [0.05, 0.1) is 0 Å². The number of unbranched alkanes of at least 4 members (excludes halogenated alkanes) is 5. The van der Waals surface area contributed by atoms with E-state index < -0.39 is 9.28 Å². The van der Waals surface area contributed by atoms with E-state index in [4.69, 9.17) is 8.85 Å². The Morgan fingerprint density at radius 3 is 1.79 bits per heavy atom. The summed E-state index contributed by atoms with van der Waals surface area (Å²) in [6, 6.07) is 0. The van der Waals surface area contributed by atoms with Gasteiger partial charge in [0, 0.05) is 13.2 Å². The molecule has 1 unspecified atom stereocenters. The van der Waals surface area contributed by atoms with Crippen LogP contribution >= 0.6 is 0 Å². The minimum absolute atomic E-state index is 0.657. The highest BCUT2D eigenvalue weighted by Crippen LogP contribution is 2.21. The van der Waals surface area contributed by atoms with E-state index in [1.165, 1.54) is 44.9 Å². The molecule has 0 aromatic carbocycles. The Balaban J connectivity index is 3.72. The van der Waals surface area contributed by atoms with Gasteiger partial charge in [0.15, 0.2) is 0 Å². The highest BCUT2D eigenvalue weighted by molar-refractivity contribution is 6.46. The lowest BCUT2D eigenvalue weighted by molar-refractivity contribution is 0.187. The molecule has 0 bridgehead atoms. The summed E-state index contributed by atoms with van der Waals surface area (Å²) in [6.45, 7) is 10.7. The van der Waals surface area contributed by atoms with Gasteiger partial charge in [-0.1, -0.05) is 66.2 Å². The zero-order chi connectivity index (χ0) is 14.3. The van der Waals surface area contributed by atoms with Crippen molar-refractivity contribution in [3.63, 3.8) is 0 Å². The molecule has 0 aliphatic carbocycles. The fourth-order valence-electron chi connectivity index (χ4n) is 2.23. The summed E-state index contributed by atoms with van der Waals surface area (Å²) >= 11 is 0. The fraction of sp³-hybridized carbons (Fsp3) is 1.00. The largest absolute Gasteiger partial charge is 0.396 e. The van der Waals surface area contributed by atoms with Crippen molar-refractivity contribution in [2.45, 2.75) is 91.0 Å². The van der Waals surface area contributed by atoms with Gasteiger partial charge >= 0.3 is 9.28 Å². The van der Waals surface area contributed by atoms with E-state index in [-0.39, 0.29) is 0 Å². The smallest absolute Gasteiger partial charge is 0.324 e. The molecule has 0 aromatic heterocycles. The standard InChI is InChI=1S/C16H36O2Si/c1-5-8-9-10-11-12-13-16(4)19(17-14-6-2)18-15-7-3/h16,19H,5-15H2,1-4H3. The number of hydrogen-bond acceptors (Lipinski definition) is 2. The second-order valence-corrected chi connectivity index (χ2v) is 8.19. The SMILES string of the molecule is CCCCCCCCC(C)[SiH](OCCC)OCCC. The van der Waals surface area contributed by atoms with Crippen molar-refractivity contribution in [1.29, 1.82) is 0 Å². The van der Waals surface area contributed by atoms with Crippen molar-refractivity contribution in [2.75, 3.05) is 13.2 Å². The van der Waals surface area contributed by atoms with Crippen molar-refractivity contribution >= 4 is 9.28 Å². The first-order valence-corrected chi connectivity index (χ1v) is 10.1. The molecule has 116 valence electrons. The molecule has 19 heavy (non-hydrogen) atoms. The fourth-order valence-corrected chi connectivity index (χ4v) is 4.42. The summed E-state index contributed by atoms with van der Waals surface area (Å²) in [5.41, 5.74) is 0.657. The van der Waals surface area contributed by atoms with Gasteiger partial charge in [0.25, 0.3) is 0 Å². The van der Waals surface area contributed by atoms with Crippen LogP contribution < -0.4 is 0 Å². The van der Waals surface area contributed by atoms with Crippen molar-refractivity contribution in [1.82, 2.24) is 0 Å². The van der Waals surface area contributed by atoms with Crippen LogP contribution in [0.15, 0.2) is 0 Å². The average Bonchev–Trinajstić information content (AvgIpc) is 2.42. The lowest BCUT2D eigenvalue weighted by Crippen LogP contribution is -2.28. The monoisotopic (exact) mass is 288 g/mol. The molecule has 3 heteroatoms. The Morgan fingerprint density at radius 1 is 0.737 bits per heavy atom. The minimum Gasteiger partial charge on any atom is -0.396 e. The maximum Gasteiger partial charge on any atom is 0.324 e. The van der Waals surface area contributed by atoms with Crippen LogP contribution in [0.5, 0.6) is 0 Å². The first kappa shape index (κ1) is 19.1. The van der Waals surface area contributed by atoms with Crippen LogP contribution in [-0.2, 0) is 8.85 Å². The molecule has 0 spiro atoms. The third-order valence-electron chi connectivity index (χ3n) is 3.45. The van der Waals surface area contributed by atoms with Crippen LogP contribution in [0.3, 0.4) is 0 Å². The predicted octanol–water partition coefficient (Wildman–Crippen LogP) is 5.20. The minimum atomic E-state index is -1.43. The summed E-state index contributed by atoms with van der Waals surface area (Å²) in [6.07, 6.45) is 11.8. The molecule has 0 rings (SSSR count). The third-order valence-corrected chi connectivity index (χ3v) is 5.84. The summed E-state index contributed by atoms with van der Waals surface area (Å²) in [5.74, 6) is 0. The quantitative estimate of drug-likeness (QED) is 0.323. The molecular weight excluding hydrogens is 252 g/mol. The number of rotatable bonds is 14. The first-order valence-electron chi connectivity index (χ1n) is 8.49. The molecule has 0 saturated carbocycles. The molecule has 0 heterocycles. The molecule has 2 nitrogen and oxygen atoms in total. The Hall–Kier alpha value is 0.137. The summed E-state index contributed by atoms with van der Waals surface area (Å²) in [7, 11) is -1.43. The second kappa shape index (κ2) is 14.5. The van der Waals surface area contributed by atoms with Crippen LogP contribution in [0.4, 0.5) is 0 Å². The third kappa shape index (κ3) is 11.6. The molecule has 0 amide bonds. The van der Waals surface area contributed by atoms with Gasteiger partial charge in [-0.25, -0.2) is 0 Å². The highest BCUT2D eigenvalue weighted by atomic mass is 28.3. The Labute approximate surface area is 123 Å². The van der Waals surface area contributed by atoms with E-state index >= 15 is 0 Å². The van der Waals surface area contributed by atoms with Gasteiger partial charge in [-0.3, -0.25) is 0 Å². The molecule has 0 radical (unpaired) electrons. The molecule has 0 fully saturated rings. The van der Waals surface area contributed by atoms with Gasteiger partial charge in [-0.05, 0) is 24.8 Å². The normalized spacial score (nSPS) is 13.1. The van der Waals surface area contributed by atoms with E-state index in [9.17, 15) is 0 Å². The van der Waals surface area contributed by atoms with Crippen LogP contribution in [0.1, 0.15) is 85.5 Å². The molecule has 0 aliphatic rings. The lowest BCUT2D eigenvalue weighted by Gasteiger charge is -2.22. The van der Waals surface area contributed by atoms with Gasteiger partial charge < -0.3 is 8.85 Å². The molecule has 0 aliphatic heterocycles. The molecule has 0 N–H and O–H groups in total. The topological polar surface area (TPSA) is 18.5 Å². The summed E-state index contributed by atoms with van der Waals surface area (Å²) in [5, 5.41) is 0. The van der Waals surface area contributed by atoms with Crippen LogP contribution in [0.25, 0.3) is 0 Å². The maximum atomic E-state index is 5.97. The zero-order valence-corrected chi connectivity index (χ0v) is 14.9. The van der Waals surface area contributed by atoms with Crippen molar-refractivity contribution in [2.24, 2.45) is 0 Å². The summed E-state index contributed by atoms with van der Waals surface area (Å²) in [4.78, 5) is 0. The van der Waals surface area contributed by atoms with Crippen molar-refractivity contribution in [3.8, 4) is 0 Å². The van der Waals surface area contributed by atoms with Gasteiger partial charge in [0.1, 0.15) is 0 Å². The van der Waals surface area contributed by atoms with Crippen LogP contribution in [0.2, 0.25) is 5.54 Å². The lowest BCUT2D eigenvalue weighted by atomic mass is 10.1. The zero-order valence-electron chi connectivity index (χ0n) is 13.7.